The molecule has 0 amide bonds. The van der Waals surface area contributed by atoms with Gasteiger partial charge >= 0.3 is 5.97 Å². The fraction of sp³-hybridized carbons (Fsp3) is 0.417. The molecule has 0 aliphatic carbocycles. The monoisotopic (exact) mass is 286 g/mol. The Morgan fingerprint density at radius 2 is 1.94 bits per heavy atom. The number of aliphatic carboxylic acids is 1. The van der Waals surface area contributed by atoms with Crippen molar-refractivity contribution in [2.75, 3.05) is 0 Å². The van der Waals surface area contributed by atoms with Crippen LogP contribution in [0.2, 0.25) is 0 Å². The van der Waals surface area contributed by atoms with Gasteiger partial charge in [0.25, 0.3) is 0 Å². The molecule has 4 heteroatoms. The number of rotatable bonds is 4. The summed E-state index contributed by atoms with van der Waals surface area (Å²) in [6.45, 7) is 3.06. The number of carbonyl (C=O) groups is 1. The topological polar surface area (TPSA) is 57.5 Å². The molecule has 3 nitrogen and oxygen atoms in total. The first-order valence-corrected chi connectivity index (χ1v) is 5.82. The predicted octanol–water partition coefficient (Wildman–Crippen LogP) is 2.46. The number of aliphatic hydroxyl groups is 1. The lowest BCUT2D eigenvalue weighted by Gasteiger charge is -2.27. The maximum atomic E-state index is 10.8. The molecule has 0 fully saturated rings. The Kier molecular flexibility index (Phi) is 4.10. The van der Waals surface area contributed by atoms with Crippen molar-refractivity contribution in [1.29, 1.82) is 0 Å². The number of benzene rings is 1. The van der Waals surface area contributed by atoms with Gasteiger partial charge in [0.15, 0.2) is 0 Å². The van der Waals surface area contributed by atoms with Crippen LogP contribution in [0.1, 0.15) is 19.4 Å². The van der Waals surface area contributed by atoms with Gasteiger partial charge in [0.05, 0.1) is 11.5 Å². The summed E-state index contributed by atoms with van der Waals surface area (Å²) in [6.07, 6.45) is 0.327. The highest BCUT2D eigenvalue weighted by molar-refractivity contribution is 9.10. The second-order valence-electron chi connectivity index (χ2n) is 4.22. The first-order valence-electron chi connectivity index (χ1n) is 5.02. The maximum Gasteiger partial charge on any atom is 0.309 e. The molecule has 0 aliphatic heterocycles. The number of carboxylic acid groups (broad SMARTS) is 1. The van der Waals surface area contributed by atoms with Gasteiger partial charge in [0.2, 0.25) is 0 Å². The zero-order valence-corrected chi connectivity index (χ0v) is 10.9. The summed E-state index contributed by atoms with van der Waals surface area (Å²) in [5.74, 6) is -1.78. The van der Waals surface area contributed by atoms with Crippen molar-refractivity contribution in [3.05, 3.63) is 34.3 Å². The minimum atomic E-state index is -1.24. The van der Waals surface area contributed by atoms with E-state index in [4.69, 9.17) is 5.11 Å². The summed E-state index contributed by atoms with van der Waals surface area (Å²) < 4.78 is 0.960. The number of hydrogen-bond acceptors (Lipinski definition) is 2. The van der Waals surface area contributed by atoms with E-state index in [0.29, 0.717) is 6.42 Å². The van der Waals surface area contributed by atoms with Gasteiger partial charge in [-0.15, -0.1) is 0 Å². The van der Waals surface area contributed by atoms with E-state index in [-0.39, 0.29) is 0 Å². The van der Waals surface area contributed by atoms with Crippen molar-refractivity contribution in [2.24, 2.45) is 5.92 Å². The molecular formula is C12H15BrO3. The molecule has 1 aromatic rings. The molecule has 0 heterocycles. The van der Waals surface area contributed by atoms with Crippen LogP contribution in [-0.2, 0) is 11.2 Å². The third kappa shape index (κ3) is 3.32. The van der Waals surface area contributed by atoms with Crippen LogP contribution in [0.15, 0.2) is 28.7 Å². The van der Waals surface area contributed by atoms with Crippen LogP contribution in [0.3, 0.4) is 0 Å². The van der Waals surface area contributed by atoms with Crippen molar-refractivity contribution in [3.63, 3.8) is 0 Å². The molecular weight excluding hydrogens is 272 g/mol. The van der Waals surface area contributed by atoms with E-state index in [1.54, 1.807) is 6.92 Å². The highest BCUT2D eigenvalue weighted by Gasteiger charge is 2.33. The van der Waals surface area contributed by atoms with Crippen LogP contribution in [0, 0.1) is 5.92 Å². The Bertz CT molecular complexity index is 370. The molecule has 0 spiro atoms. The SMILES string of the molecule is CC(C(=O)O)C(C)(O)Cc1ccc(Br)cc1. The van der Waals surface area contributed by atoms with Crippen LogP contribution in [-0.4, -0.2) is 21.8 Å². The van der Waals surface area contributed by atoms with Crippen molar-refractivity contribution in [1.82, 2.24) is 0 Å². The smallest absolute Gasteiger partial charge is 0.309 e. The minimum absolute atomic E-state index is 0.327. The van der Waals surface area contributed by atoms with E-state index in [1.165, 1.54) is 6.92 Å². The van der Waals surface area contributed by atoms with Crippen molar-refractivity contribution < 1.29 is 15.0 Å². The highest BCUT2D eigenvalue weighted by atomic mass is 79.9. The first kappa shape index (κ1) is 13.2. The summed E-state index contributed by atoms with van der Waals surface area (Å²) in [7, 11) is 0. The van der Waals surface area contributed by atoms with E-state index in [0.717, 1.165) is 10.0 Å². The quantitative estimate of drug-likeness (QED) is 0.894. The molecule has 0 saturated carbocycles. The second-order valence-corrected chi connectivity index (χ2v) is 5.14. The number of hydrogen-bond donors (Lipinski definition) is 2. The molecule has 0 aliphatic rings. The van der Waals surface area contributed by atoms with Gasteiger partial charge < -0.3 is 10.2 Å². The fourth-order valence-electron chi connectivity index (χ4n) is 1.43. The predicted molar refractivity (Wildman–Crippen MR) is 65.3 cm³/mol. The molecule has 0 saturated heterocycles. The lowest BCUT2D eigenvalue weighted by atomic mass is 9.85. The van der Waals surface area contributed by atoms with Crippen LogP contribution < -0.4 is 0 Å². The van der Waals surface area contributed by atoms with Gasteiger partial charge in [-0.1, -0.05) is 28.1 Å². The largest absolute Gasteiger partial charge is 0.481 e. The zero-order valence-electron chi connectivity index (χ0n) is 9.27. The molecule has 88 valence electrons. The average Bonchev–Trinajstić information content (AvgIpc) is 2.20. The van der Waals surface area contributed by atoms with E-state index in [9.17, 15) is 9.90 Å². The van der Waals surface area contributed by atoms with Crippen molar-refractivity contribution in [2.45, 2.75) is 25.9 Å². The van der Waals surface area contributed by atoms with Gasteiger partial charge in [-0.2, -0.15) is 0 Å². The standard InChI is InChI=1S/C12H15BrO3/c1-8(11(14)15)12(2,16)7-9-3-5-10(13)6-4-9/h3-6,8,16H,7H2,1-2H3,(H,14,15). The van der Waals surface area contributed by atoms with Crippen LogP contribution in [0.25, 0.3) is 0 Å². The molecule has 2 unspecified atom stereocenters. The Hall–Kier alpha value is -0.870. The summed E-state index contributed by atoms with van der Waals surface area (Å²) in [5, 5.41) is 19.0. The van der Waals surface area contributed by atoms with Gasteiger partial charge in [-0.25, -0.2) is 0 Å². The lowest BCUT2D eigenvalue weighted by molar-refractivity contribution is -0.149. The summed E-state index contributed by atoms with van der Waals surface area (Å²) in [4.78, 5) is 10.8. The summed E-state index contributed by atoms with van der Waals surface area (Å²) in [6, 6.07) is 7.48. The van der Waals surface area contributed by atoms with E-state index >= 15 is 0 Å². The lowest BCUT2D eigenvalue weighted by Crippen LogP contribution is -2.39. The van der Waals surface area contributed by atoms with Gasteiger partial charge in [0, 0.05) is 10.9 Å². The van der Waals surface area contributed by atoms with Crippen molar-refractivity contribution in [3.8, 4) is 0 Å². The maximum absolute atomic E-state index is 10.8. The number of carboxylic acids is 1. The third-order valence-electron chi connectivity index (χ3n) is 2.78. The Morgan fingerprint density at radius 3 is 2.38 bits per heavy atom. The molecule has 0 bridgehead atoms. The Balaban J connectivity index is 2.79. The Labute approximate surface area is 103 Å². The third-order valence-corrected chi connectivity index (χ3v) is 3.31. The first-order chi connectivity index (χ1) is 7.33. The summed E-state index contributed by atoms with van der Waals surface area (Å²) >= 11 is 3.32. The van der Waals surface area contributed by atoms with Gasteiger partial charge in [-0.3, -0.25) is 4.79 Å². The molecule has 16 heavy (non-hydrogen) atoms. The second kappa shape index (κ2) is 4.97. The molecule has 1 rings (SSSR count). The average molecular weight is 287 g/mol. The minimum Gasteiger partial charge on any atom is -0.481 e. The molecule has 2 N–H and O–H groups in total. The van der Waals surface area contributed by atoms with Crippen molar-refractivity contribution >= 4 is 21.9 Å². The van der Waals surface area contributed by atoms with Crippen LogP contribution in [0.4, 0.5) is 0 Å². The fourth-order valence-corrected chi connectivity index (χ4v) is 1.70. The van der Waals surface area contributed by atoms with Gasteiger partial charge in [0.1, 0.15) is 0 Å². The molecule has 0 radical (unpaired) electrons. The van der Waals surface area contributed by atoms with Crippen LogP contribution in [0.5, 0.6) is 0 Å². The summed E-state index contributed by atoms with van der Waals surface area (Å²) in [5.41, 5.74) is -0.319. The molecule has 2 atom stereocenters. The van der Waals surface area contributed by atoms with Crippen LogP contribution >= 0.6 is 15.9 Å². The number of halogens is 1. The van der Waals surface area contributed by atoms with E-state index < -0.39 is 17.5 Å². The normalized spacial score (nSPS) is 16.5. The van der Waals surface area contributed by atoms with E-state index in [2.05, 4.69) is 15.9 Å². The zero-order chi connectivity index (χ0) is 12.3. The highest BCUT2D eigenvalue weighted by Crippen LogP contribution is 2.23. The Morgan fingerprint density at radius 1 is 1.44 bits per heavy atom. The molecule has 0 aromatic heterocycles. The molecule has 1 aromatic carbocycles. The van der Waals surface area contributed by atoms with Gasteiger partial charge in [-0.05, 0) is 31.5 Å². The van der Waals surface area contributed by atoms with E-state index in [1.807, 2.05) is 24.3 Å².